The molecule has 2 nitrogen and oxygen atoms in total. The summed E-state index contributed by atoms with van der Waals surface area (Å²) in [6.45, 7) is 0. The monoisotopic (exact) mass is 243 g/mol. The van der Waals surface area contributed by atoms with Gasteiger partial charge in [0.2, 0.25) is 5.91 Å². The van der Waals surface area contributed by atoms with Gasteiger partial charge >= 0.3 is 0 Å². The van der Waals surface area contributed by atoms with Gasteiger partial charge in [0.25, 0.3) is 0 Å². The highest BCUT2D eigenvalue weighted by Gasteiger charge is 1.98. The Bertz CT molecular complexity index is 379. The van der Waals surface area contributed by atoms with Crippen LogP contribution >= 0.6 is 23.2 Å². The van der Waals surface area contributed by atoms with Crippen molar-refractivity contribution in [2.45, 2.75) is 0 Å². The van der Waals surface area contributed by atoms with Gasteiger partial charge in [0.05, 0.1) is 0 Å². The number of hydrogen-bond donors (Lipinski definition) is 0. The molecule has 1 amide bonds. The molecule has 0 atom stereocenters. The van der Waals surface area contributed by atoms with Crippen LogP contribution in [0.5, 0.6) is 0 Å². The van der Waals surface area contributed by atoms with E-state index in [0.29, 0.717) is 10.0 Å². The van der Waals surface area contributed by atoms with Crippen LogP contribution in [0.15, 0.2) is 24.3 Å². The van der Waals surface area contributed by atoms with Gasteiger partial charge < -0.3 is 4.90 Å². The maximum atomic E-state index is 11.3. The molecule has 0 fully saturated rings. The van der Waals surface area contributed by atoms with Crippen molar-refractivity contribution >= 4 is 35.2 Å². The predicted octanol–water partition coefficient (Wildman–Crippen LogP) is 3.09. The van der Waals surface area contributed by atoms with E-state index in [1.54, 1.807) is 38.4 Å². The van der Waals surface area contributed by atoms with Crippen molar-refractivity contribution < 1.29 is 4.79 Å². The summed E-state index contributed by atoms with van der Waals surface area (Å²) in [4.78, 5) is 12.7. The van der Waals surface area contributed by atoms with E-state index in [-0.39, 0.29) is 5.91 Å². The standard InChI is InChI=1S/C11H11Cl2NO/c1-14(2)11(15)4-3-8-5-9(12)7-10(13)6-8/h3-7H,1-2H3/b4-3+. The fourth-order valence-electron chi connectivity index (χ4n) is 0.988. The molecule has 0 N–H and O–H groups in total. The first kappa shape index (κ1) is 12.1. The Labute approximate surface area is 99.1 Å². The van der Waals surface area contributed by atoms with E-state index < -0.39 is 0 Å². The second kappa shape index (κ2) is 5.19. The third kappa shape index (κ3) is 3.94. The molecule has 0 aromatic heterocycles. The van der Waals surface area contributed by atoms with Gasteiger partial charge in [0.15, 0.2) is 0 Å². The summed E-state index contributed by atoms with van der Waals surface area (Å²) in [5.41, 5.74) is 0.808. The SMILES string of the molecule is CN(C)C(=O)/C=C/c1cc(Cl)cc(Cl)c1. The second-order valence-electron chi connectivity index (χ2n) is 3.27. The van der Waals surface area contributed by atoms with E-state index in [2.05, 4.69) is 0 Å². The molecule has 4 heteroatoms. The van der Waals surface area contributed by atoms with Crippen molar-refractivity contribution in [3.63, 3.8) is 0 Å². The molecular weight excluding hydrogens is 233 g/mol. The fourth-order valence-corrected chi connectivity index (χ4v) is 1.53. The van der Waals surface area contributed by atoms with Gasteiger partial charge in [0.1, 0.15) is 0 Å². The normalized spacial score (nSPS) is 10.7. The first-order valence-corrected chi connectivity index (χ1v) is 5.10. The number of halogens is 2. The summed E-state index contributed by atoms with van der Waals surface area (Å²) in [6.07, 6.45) is 3.15. The summed E-state index contributed by atoms with van der Waals surface area (Å²) >= 11 is 11.6. The summed E-state index contributed by atoms with van der Waals surface area (Å²) in [7, 11) is 3.38. The molecule has 15 heavy (non-hydrogen) atoms. The summed E-state index contributed by atoms with van der Waals surface area (Å²) in [5.74, 6) is -0.0777. The average molecular weight is 244 g/mol. The molecule has 80 valence electrons. The highest BCUT2D eigenvalue weighted by atomic mass is 35.5. The van der Waals surface area contributed by atoms with E-state index in [4.69, 9.17) is 23.2 Å². The van der Waals surface area contributed by atoms with E-state index in [0.717, 1.165) is 5.56 Å². The Kier molecular flexibility index (Phi) is 4.18. The lowest BCUT2D eigenvalue weighted by Gasteiger charge is -2.05. The number of amides is 1. The zero-order valence-electron chi connectivity index (χ0n) is 8.50. The molecule has 0 saturated carbocycles. The number of carbonyl (C=O) groups excluding carboxylic acids is 1. The number of rotatable bonds is 2. The van der Waals surface area contributed by atoms with Gasteiger partial charge in [-0.15, -0.1) is 0 Å². The van der Waals surface area contributed by atoms with Crippen LogP contribution in [0.1, 0.15) is 5.56 Å². The summed E-state index contributed by atoms with van der Waals surface area (Å²) in [6, 6.07) is 5.13. The molecule has 0 aliphatic rings. The first-order valence-electron chi connectivity index (χ1n) is 4.34. The van der Waals surface area contributed by atoms with Gasteiger partial charge in [-0.3, -0.25) is 4.79 Å². The molecule has 0 saturated heterocycles. The molecule has 0 aliphatic carbocycles. The van der Waals surface area contributed by atoms with Crippen LogP contribution in [-0.4, -0.2) is 24.9 Å². The zero-order valence-corrected chi connectivity index (χ0v) is 10.0. The number of carbonyl (C=O) groups is 1. The Morgan fingerprint density at radius 3 is 2.20 bits per heavy atom. The predicted molar refractivity (Wildman–Crippen MR) is 64.2 cm³/mol. The summed E-state index contributed by atoms with van der Waals surface area (Å²) < 4.78 is 0. The van der Waals surface area contributed by atoms with Crippen molar-refractivity contribution in [2.24, 2.45) is 0 Å². The minimum atomic E-state index is -0.0777. The van der Waals surface area contributed by atoms with Crippen LogP contribution in [0, 0.1) is 0 Å². The Hall–Kier alpha value is -0.990. The lowest BCUT2D eigenvalue weighted by Crippen LogP contribution is -2.18. The number of likely N-dealkylation sites (N-methyl/N-ethyl adjacent to an activating group) is 1. The van der Waals surface area contributed by atoms with Crippen LogP contribution in [-0.2, 0) is 4.79 Å². The third-order valence-corrected chi connectivity index (χ3v) is 2.18. The zero-order chi connectivity index (χ0) is 11.4. The van der Waals surface area contributed by atoms with Crippen LogP contribution < -0.4 is 0 Å². The van der Waals surface area contributed by atoms with Crippen molar-refractivity contribution in [2.75, 3.05) is 14.1 Å². The van der Waals surface area contributed by atoms with E-state index in [1.807, 2.05) is 0 Å². The molecule has 1 rings (SSSR count). The fraction of sp³-hybridized carbons (Fsp3) is 0.182. The van der Waals surface area contributed by atoms with Crippen LogP contribution in [0.3, 0.4) is 0 Å². The van der Waals surface area contributed by atoms with Gasteiger partial charge in [-0.2, -0.15) is 0 Å². The molecule has 1 aromatic rings. The van der Waals surface area contributed by atoms with E-state index in [1.165, 1.54) is 11.0 Å². The molecule has 0 radical (unpaired) electrons. The lowest BCUT2D eigenvalue weighted by atomic mass is 10.2. The van der Waals surface area contributed by atoms with Crippen molar-refractivity contribution in [1.29, 1.82) is 0 Å². The number of hydrogen-bond acceptors (Lipinski definition) is 1. The highest BCUT2D eigenvalue weighted by molar-refractivity contribution is 6.34. The van der Waals surface area contributed by atoms with Gasteiger partial charge in [-0.25, -0.2) is 0 Å². The minimum absolute atomic E-state index is 0.0777. The van der Waals surface area contributed by atoms with Crippen LogP contribution in [0.25, 0.3) is 6.08 Å². The maximum absolute atomic E-state index is 11.3. The third-order valence-electron chi connectivity index (χ3n) is 1.74. The quantitative estimate of drug-likeness (QED) is 0.732. The average Bonchev–Trinajstić information content (AvgIpc) is 2.12. The Morgan fingerprint density at radius 2 is 1.73 bits per heavy atom. The van der Waals surface area contributed by atoms with Gasteiger partial charge in [-0.05, 0) is 29.8 Å². The molecule has 0 heterocycles. The minimum Gasteiger partial charge on any atom is -0.345 e. The number of benzene rings is 1. The lowest BCUT2D eigenvalue weighted by molar-refractivity contribution is -0.123. The van der Waals surface area contributed by atoms with Crippen molar-refractivity contribution in [1.82, 2.24) is 4.90 Å². The van der Waals surface area contributed by atoms with Gasteiger partial charge in [0, 0.05) is 30.2 Å². The van der Waals surface area contributed by atoms with E-state index in [9.17, 15) is 4.79 Å². The smallest absolute Gasteiger partial charge is 0.246 e. The molecular formula is C11H11Cl2NO. The van der Waals surface area contributed by atoms with E-state index >= 15 is 0 Å². The molecule has 0 unspecified atom stereocenters. The topological polar surface area (TPSA) is 20.3 Å². The highest BCUT2D eigenvalue weighted by Crippen LogP contribution is 2.19. The van der Waals surface area contributed by atoms with Crippen LogP contribution in [0.2, 0.25) is 10.0 Å². The van der Waals surface area contributed by atoms with Crippen LogP contribution in [0.4, 0.5) is 0 Å². The maximum Gasteiger partial charge on any atom is 0.246 e. The first-order chi connectivity index (χ1) is 6.99. The number of nitrogens with zero attached hydrogens (tertiary/aromatic N) is 1. The molecule has 0 spiro atoms. The summed E-state index contributed by atoms with van der Waals surface area (Å²) in [5, 5.41) is 1.11. The molecule has 0 aliphatic heterocycles. The Morgan fingerprint density at radius 1 is 1.20 bits per heavy atom. The molecule has 0 bridgehead atoms. The molecule has 1 aromatic carbocycles. The van der Waals surface area contributed by atoms with Crippen molar-refractivity contribution in [3.05, 3.63) is 39.9 Å². The van der Waals surface area contributed by atoms with Crippen molar-refractivity contribution in [3.8, 4) is 0 Å². The largest absolute Gasteiger partial charge is 0.345 e. The second-order valence-corrected chi connectivity index (χ2v) is 4.14. The van der Waals surface area contributed by atoms with Gasteiger partial charge in [-0.1, -0.05) is 23.2 Å². The Balaban J connectivity index is 2.85.